The molecule has 0 bridgehead atoms. The number of nitrogens with zero attached hydrogens (tertiary/aromatic N) is 2. The lowest BCUT2D eigenvalue weighted by molar-refractivity contribution is 0.576. The maximum Gasteiger partial charge on any atom is 0.197 e. The van der Waals surface area contributed by atoms with Crippen LogP contribution in [0.4, 0.5) is 5.82 Å². The Labute approximate surface area is 107 Å². The molecule has 0 saturated carbocycles. The van der Waals surface area contributed by atoms with Crippen molar-refractivity contribution in [1.82, 2.24) is 9.97 Å². The summed E-state index contributed by atoms with van der Waals surface area (Å²) >= 11 is 0. The van der Waals surface area contributed by atoms with Gasteiger partial charge in [0, 0.05) is 17.8 Å². The zero-order chi connectivity index (χ0) is 13.0. The molecule has 96 valence electrons. The smallest absolute Gasteiger partial charge is 0.197 e. The second-order valence-electron chi connectivity index (χ2n) is 4.23. The first-order chi connectivity index (χ1) is 8.76. The molecule has 2 aromatic heterocycles. The molecule has 0 atom stereocenters. The molecule has 4 heteroatoms. The van der Waals surface area contributed by atoms with E-state index in [1.165, 1.54) is 0 Å². The summed E-state index contributed by atoms with van der Waals surface area (Å²) in [6, 6.07) is 3.73. The van der Waals surface area contributed by atoms with Crippen LogP contribution in [0.15, 0.2) is 22.8 Å². The van der Waals surface area contributed by atoms with E-state index in [4.69, 9.17) is 4.42 Å². The van der Waals surface area contributed by atoms with Crippen molar-refractivity contribution in [3.05, 3.63) is 29.7 Å². The molecule has 2 rings (SSSR count). The van der Waals surface area contributed by atoms with E-state index in [1.54, 1.807) is 6.26 Å². The van der Waals surface area contributed by atoms with Crippen molar-refractivity contribution in [1.29, 1.82) is 0 Å². The van der Waals surface area contributed by atoms with Crippen LogP contribution < -0.4 is 5.32 Å². The SMILES string of the molecule is CCCNc1nc(-c2ccco2)nc(CC)c1C. The van der Waals surface area contributed by atoms with Crippen molar-refractivity contribution in [2.45, 2.75) is 33.6 Å². The maximum absolute atomic E-state index is 5.37. The highest BCUT2D eigenvalue weighted by Crippen LogP contribution is 2.22. The number of aryl methyl sites for hydroxylation is 1. The molecule has 0 amide bonds. The molecule has 0 radical (unpaired) electrons. The first-order valence-electron chi connectivity index (χ1n) is 6.41. The summed E-state index contributed by atoms with van der Waals surface area (Å²) in [6.45, 7) is 7.21. The topological polar surface area (TPSA) is 51.0 Å². The Balaban J connectivity index is 2.42. The van der Waals surface area contributed by atoms with Gasteiger partial charge in [-0.3, -0.25) is 0 Å². The molecular weight excluding hydrogens is 226 g/mol. The van der Waals surface area contributed by atoms with Crippen LogP contribution in [0.25, 0.3) is 11.6 Å². The van der Waals surface area contributed by atoms with E-state index in [-0.39, 0.29) is 0 Å². The van der Waals surface area contributed by atoms with Crippen LogP contribution in [0.2, 0.25) is 0 Å². The van der Waals surface area contributed by atoms with Gasteiger partial charge in [0.1, 0.15) is 5.82 Å². The summed E-state index contributed by atoms with van der Waals surface area (Å²) in [7, 11) is 0. The molecule has 2 aromatic rings. The maximum atomic E-state index is 5.37. The number of hydrogen-bond acceptors (Lipinski definition) is 4. The molecule has 4 nitrogen and oxygen atoms in total. The van der Waals surface area contributed by atoms with E-state index in [9.17, 15) is 0 Å². The Hall–Kier alpha value is -1.84. The van der Waals surface area contributed by atoms with Gasteiger partial charge in [0.05, 0.1) is 6.26 Å². The van der Waals surface area contributed by atoms with Gasteiger partial charge < -0.3 is 9.73 Å². The largest absolute Gasteiger partial charge is 0.461 e. The first-order valence-corrected chi connectivity index (χ1v) is 6.41. The molecular formula is C14H19N3O. The Morgan fingerprint density at radius 1 is 1.28 bits per heavy atom. The lowest BCUT2D eigenvalue weighted by atomic mass is 10.2. The van der Waals surface area contributed by atoms with E-state index >= 15 is 0 Å². The first kappa shape index (κ1) is 12.6. The molecule has 0 aliphatic heterocycles. The van der Waals surface area contributed by atoms with Crippen LogP contribution in [0.1, 0.15) is 31.5 Å². The predicted octanol–water partition coefficient (Wildman–Crippen LogP) is 3.43. The molecule has 18 heavy (non-hydrogen) atoms. The summed E-state index contributed by atoms with van der Waals surface area (Å²) in [4.78, 5) is 9.10. The molecule has 0 aliphatic carbocycles. The Morgan fingerprint density at radius 3 is 2.72 bits per heavy atom. The van der Waals surface area contributed by atoms with Gasteiger partial charge in [-0.2, -0.15) is 0 Å². The summed E-state index contributed by atoms with van der Waals surface area (Å²) in [5, 5.41) is 3.35. The van der Waals surface area contributed by atoms with Gasteiger partial charge in [-0.05, 0) is 31.9 Å². The van der Waals surface area contributed by atoms with Crippen molar-refractivity contribution < 1.29 is 4.42 Å². The average molecular weight is 245 g/mol. The fourth-order valence-corrected chi connectivity index (χ4v) is 1.84. The molecule has 2 heterocycles. The normalized spacial score (nSPS) is 10.6. The van der Waals surface area contributed by atoms with Gasteiger partial charge in [-0.25, -0.2) is 9.97 Å². The highest BCUT2D eigenvalue weighted by Gasteiger charge is 2.12. The molecule has 0 spiro atoms. The van der Waals surface area contributed by atoms with Crippen molar-refractivity contribution in [3.8, 4) is 11.6 Å². The fraction of sp³-hybridized carbons (Fsp3) is 0.429. The molecule has 0 saturated heterocycles. The highest BCUT2D eigenvalue weighted by molar-refractivity contribution is 5.55. The minimum Gasteiger partial charge on any atom is -0.461 e. The second-order valence-corrected chi connectivity index (χ2v) is 4.23. The molecule has 0 aliphatic rings. The van der Waals surface area contributed by atoms with E-state index in [2.05, 4.69) is 36.1 Å². The van der Waals surface area contributed by atoms with Gasteiger partial charge in [-0.1, -0.05) is 13.8 Å². The highest BCUT2D eigenvalue weighted by atomic mass is 16.3. The zero-order valence-electron chi connectivity index (χ0n) is 11.2. The minimum absolute atomic E-state index is 0.654. The number of nitrogens with one attached hydrogen (secondary N) is 1. The van der Waals surface area contributed by atoms with Crippen LogP contribution in [0, 0.1) is 6.92 Å². The van der Waals surface area contributed by atoms with Gasteiger partial charge in [0.15, 0.2) is 11.6 Å². The summed E-state index contributed by atoms with van der Waals surface area (Å²) < 4.78 is 5.37. The third-order valence-electron chi connectivity index (χ3n) is 2.87. The third-order valence-corrected chi connectivity index (χ3v) is 2.87. The summed E-state index contributed by atoms with van der Waals surface area (Å²) in [5.74, 6) is 2.28. The number of aromatic nitrogens is 2. The number of rotatable bonds is 5. The van der Waals surface area contributed by atoms with Crippen LogP contribution in [0.3, 0.4) is 0 Å². The molecule has 0 unspecified atom stereocenters. The quantitative estimate of drug-likeness (QED) is 0.876. The van der Waals surface area contributed by atoms with Crippen LogP contribution in [0.5, 0.6) is 0 Å². The van der Waals surface area contributed by atoms with Crippen molar-refractivity contribution in [3.63, 3.8) is 0 Å². The molecule has 0 aromatic carbocycles. The Kier molecular flexibility index (Phi) is 3.97. The average Bonchev–Trinajstić information content (AvgIpc) is 2.91. The van der Waals surface area contributed by atoms with Gasteiger partial charge in [0.2, 0.25) is 0 Å². The summed E-state index contributed by atoms with van der Waals surface area (Å²) in [5.41, 5.74) is 2.19. The van der Waals surface area contributed by atoms with E-state index in [0.29, 0.717) is 11.6 Å². The van der Waals surface area contributed by atoms with Gasteiger partial charge >= 0.3 is 0 Å². The van der Waals surface area contributed by atoms with Crippen LogP contribution >= 0.6 is 0 Å². The molecule has 0 fully saturated rings. The third kappa shape index (κ3) is 2.53. The number of furan rings is 1. The van der Waals surface area contributed by atoms with Crippen molar-refractivity contribution >= 4 is 5.82 Å². The molecule has 1 N–H and O–H groups in total. The predicted molar refractivity (Wildman–Crippen MR) is 72.6 cm³/mol. The van der Waals surface area contributed by atoms with Crippen molar-refractivity contribution in [2.75, 3.05) is 11.9 Å². The van der Waals surface area contributed by atoms with Crippen LogP contribution in [-0.4, -0.2) is 16.5 Å². The minimum atomic E-state index is 0.654. The number of anilines is 1. The lowest BCUT2D eigenvalue weighted by Crippen LogP contribution is -2.08. The Bertz CT molecular complexity index is 506. The lowest BCUT2D eigenvalue weighted by Gasteiger charge is -2.12. The van der Waals surface area contributed by atoms with E-state index < -0.39 is 0 Å². The van der Waals surface area contributed by atoms with Crippen molar-refractivity contribution in [2.24, 2.45) is 0 Å². The Morgan fingerprint density at radius 2 is 2.11 bits per heavy atom. The van der Waals surface area contributed by atoms with E-state index in [0.717, 1.165) is 36.5 Å². The van der Waals surface area contributed by atoms with Gasteiger partial charge in [0.25, 0.3) is 0 Å². The van der Waals surface area contributed by atoms with Gasteiger partial charge in [-0.15, -0.1) is 0 Å². The fourth-order valence-electron chi connectivity index (χ4n) is 1.84. The second kappa shape index (κ2) is 5.67. The van der Waals surface area contributed by atoms with E-state index in [1.807, 2.05) is 12.1 Å². The zero-order valence-corrected chi connectivity index (χ0v) is 11.2. The summed E-state index contributed by atoms with van der Waals surface area (Å²) in [6.07, 6.45) is 3.60. The number of hydrogen-bond donors (Lipinski definition) is 1. The van der Waals surface area contributed by atoms with Crippen LogP contribution in [-0.2, 0) is 6.42 Å². The standard InChI is InChI=1S/C14H19N3O/c1-4-8-15-13-10(3)11(5-2)16-14(17-13)12-7-6-9-18-12/h6-7,9H,4-5,8H2,1-3H3,(H,15,16,17). The monoisotopic (exact) mass is 245 g/mol.